The van der Waals surface area contributed by atoms with Crippen molar-refractivity contribution in [1.29, 1.82) is 0 Å². The zero-order chi connectivity index (χ0) is 16.5. The first-order chi connectivity index (χ1) is 11.7. The zero-order valence-corrected chi connectivity index (χ0v) is 13.8. The maximum Gasteiger partial charge on any atom is 0.290 e. The molecule has 0 saturated carbocycles. The molecular weight excluding hydrogens is 304 g/mol. The molecule has 1 N–H and O–H groups in total. The van der Waals surface area contributed by atoms with Crippen LogP contribution in [0.15, 0.2) is 46.9 Å². The van der Waals surface area contributed by atoms with Crippen LogP contribution in [0, 0.1) is 5.92 Å². The summed E-state index contributed by atoms with van der Waals surface area (Å²) in [5.41, 5.74) is 0. The van der Waals surface area contributed by atoms with E-state index in [0.717, 1.165) is 25.9 Å². The molecule has 3 aliphatic rings. The van der Waals surface area contributed by atoms with Crippen LogP contribution in [0.2, 0.25) is 0 Å². The third-order valence-electron chi connectivity index (χ3n) is 5.24. The maximum absolute atomic E-state index is 12.5. The molecule has 3 saturated heterocycles. The normalized spacial score (nSPS) is 28.5. The molecule has 24 heavy (non-hydrogen) atoms. The number of amides is 1. The third-order valence-corrected chi connectivity index (χ3v) is 5.24. The summed E-state index contributed by atoms with van der Waals surface area (Å²) in [5, 5.41) is 3.16. The van der Waals surface area contributed by atoms with Crippen molar-refractivity contribution >= 4 is 5.91 Å². The third kappa shape index (κ3) is 2.91. The van der Waals surface area contributed by atoms with Crippen LogP contribution < -0.4 is 10.1 Å². The summed E-state index contributed by atoms with van der Waals surface area (Å²) in [6, 6.07) is 13.3. The predicted molar refractivity (Wildman–Crippen MR) is 90.2 cm³/mol. The van der Waals surface area contributed by atoms with E-state index in [-0.39, 0.29) is 11.9 Å². The monoisotopic (exact) mass is 326 g/mol. The number of carbonyl (C=O) groups excluding carboxylic acids is 1. The van der Waals surface area contributed by atoms with Gasteiger partial charge in [0.2, 0.25) is 0 Å². The van der Waals surface area contributed by atoms with Crippen LogP contribution in [0.3, 0.4) is 0 Å². The molecule has 3 aliphatic heterocycles. The Morgan fingerprint density at radius 3 is 2.62 bits per heavy atom. The Labute approximate surface area is 141 Å². The molecule has 5 rings (SSSR count). The number of fused-ring (bicyclic) bond motifs is 3. The molecule has 3 fully saturated rings. The van der Waals surface area contributed by atoms with E-state index < -0.39 is 0 Å². The first-order valence-electron chi connectivity index (χ1n) is 8.58. The summed E-state index contributed by atoms with van der Waals surface area (Å²) in [7, 11) is 0. The molecular formula is C19H22N2O3. The van der Waals surface area contributed by atoms with Gasteiger partial charge < -0.3 is 14.5 Å². The summed E-state index contributed by atoms with van der Waals surface area (Å²) in [6.45, 7) is 4.49. The molecule has 2 atom stereocenters. The summed E-state index contributed by atoms with van der Waals surface area (Å²) in [4.78, 5) is 15.0. The summed E-state index contributed by atoms with van der Waals surface area (Å²) in [6.07, 6.45) is 2.33. The van der Waals surface area contributed by atoms with Gasteiger partial charge in [-0.25, -0.2) is 0 Å². The average molecular weight is 326 g/mol. The molecule has 1 aromatic heterocycles. The number of furan rings is 1. The lowest BCUT2D eigenvalue weighted by Gasteiger charge is -2.49. The number of nitrogens with zero attached hydrogens (tertiary/aromatic N) is 1. The molecule has 4 heterocycles. The highest BCUT2D eigenvalue weighted by Crippen LogP contribution is 2.32. The Morgan fingerprint density at radius 1 is 1.17 bits per heavy atom. The quantitative estimate of drug-likeness (QED) is 0.937. The van der Waals surface area contributed by atoms with Crippen molar-refractivity contribution in [3.63, 3.8) is 0 Å². The van der Waals surface area contributed by atoms with Crippen molar-refractivity contribution in [3.8, 4) is 11.7 Å². The van der Waals surface area contributed by atoms with Crippen molar-refractivity contribution in [2.24, 2.45) is 5.92 Å². The van der Waals surface area contributed by atoms with E-state index in [1.807, 2.05) is 30.3 Å². The molecule has 0 aliphatic carbocycles. The van der Waals surface area contributed by atoms with E-state index in [1.54, 1.807) is 12.1 Å². The van der Waals surface area contributed by atoms with E-state index in [0.29, 0.717) is 29.4 Å². The highest BCUT2D eigenvalue weighted by molar-refractivity contribution is 5.91. The van der Waals surface area contributed by atoms with Gasteiger partial charge >= 0.3 is 0 Å². The summed E-state index contributed by atoms with van der Waals surface area (Å²) >= 11 is 0. The molecule has 2 aromatic rings. The number of para-hydroxylation sites is 1. The van der Waals surface area contributed by atoms with E-state index >= 15 is 0 Å². The first-order valence-corrected chi connectivity index (χ1v) is 8.58. The predicted octanol–water partition coefficient (Wildman–Crippen LogP) is 3.28. The molecule has 126 valence electrons. The molecule has 2 bridgehead atoms. The van der Waals surface area contributed by atoms with Gasteiger partial charge in [0.25, 0.3) is 11.9 Å². The second-order valence-electron chi connectivity index (χ2n) is 6.65. The van der Waals surface area contributed by atoms with Gasteiger partial charge in [0.1, 0.15) is 5.75 Å². The van der Waals surface area contributed by atoms with Crippen LogP contribution in [0.5, 0.6) is 11.7 Å². The van der Waals surface area contributed by atoms with Gasteiger partial charge in [0.05, 0.1) is 0 Å². The Balaban J connectivity index is 1.42. The van der Waals surface area contributed by atoms with Gasteiger partial charge in [-0.3, -0.25) is 9.69 Å². The van der Waals surface area contributed by atoms with E-state index in [9.17, 15) is 4.79 Å². The minimum Gasteiger partial charge on any atom is -0.426 e. The zero-order valence-electron chi connectivity index (χ0n) is 13.8. The lowest BCUT2D eigenvalue weighted by molar-refractivity contribution is 0.0210. The fourth-order valence-electron chi connectivity index (χ4n) is 3.87. The Morgan fingerprint density at radius 2 is 1.92 bits per heavy atom. The van der Waals surface area contributed by atoms with Gasteiger partial charge in [-0.1, -0.05) is 18.2 Å². The Hall–Kier alpha value is -2.27. The van der Waals surface area contributed by atoms with Crippen molar-refractivity contribution in [2.45, 2.75) is 31.8 Å². The largest absolute Gasteiger partial charge is 0.426 e. The summed E-state index contributed by atoms with van der Waals surface area (Å²) < 4.78 is 11.2. The van der Waals surface area contributed by atoms with Crippen LogP contribution in [0.25, 0.3) is 0 Å². The number of hydrogen-bond acceptors (Lipinski definition) is 4. The number of rotatable bonds is 4. The molecule has 1 amide bonds. The standard InChI is InChI=1S/C19H22N2O3/c1-13-18(14-9-11-21(13)12-10-14)20-19(22)16-7-8-17(24-16)23-15-5-3-2-4-6-15/h2-8,13-14,18H,9-12H2,1H3,(H,20,22). The average Bonchev–Trinajstić information content (AvgIpc) is 3.08. The number of ether oxygens (including phenoxy) is 1. The minimum absolute atomic E-state index is 0.163. The van der Waals surface area contributed by atoms with Crippen LogP contribution >= 0.6 is 0 Å². The number of carbonyl (C=O) groups is 1. The van der Waals surface area contributed by atoms with Crippen LogP contribution in [-0.4, -0.2) is 36.0 Å². The van der Waals surface area contributed by atoms with E-state index in [4.69, 9.17) is 9.15 Å². The van der Waals surface area contributed by atoms with Gasteiger partial charge in [-0.2, -0.15) is 0 Å². The number of hydrogen-bond donors (Lipinski definition) is 1. The molecule has 1 aromatic carbocycles. The van der Waals surface area contributed by atoms with Gasteiger partial charge in [-0.15, -0.1) is 0 Å². The minimum atomic E-state index is -0.163. The van der Waals surface area contributed by atoms with Crippen LogP contribution in [0.4, 0.5) is 0 Å². The van der Waals surface area contributed by atoms with E-state index in [2.05, 4.69) is 17.1 Å². The number of piperidine rings is 3. The van der Waals surface area contributed by atoms with Crippen LogP contribution in [0.1, 0.15) is 30.3 Å². The van der Waals surface area contributed by atoms with Gasteiger partial charge in [0, 0.05) is 18.2 Å². The molecule has 0 spiro atoms. The molecule has 5 heteroatoms. The SMILES string of the molecule is CC1C(NC(=O)c2ccc(Oc3ccccc3)o2)C2CCN1CC2. The second kappa shape index (κ2) is 6.32. The highest BCUT2D eigenvalue weighted by atomic mass is 16.6. The number of benzene rings is 1. The first kappa shape index (κ1) is 15.3. The summed E-state index contributed by atoms with van der Waals surface area (Å²) in [5.74, 6) is 1.72. The topological polar surface area (TPSA) is 54.7 Å². The maximum atomic E-state index is 12.5. The molecule has 5 nitrogen and oxygen atoms in total. The van der Waals surface area contributed by atoms with Crippen LogP contribution in [-0.2, 0) is 0 Å². The Bertz CT molecular complexity index is 702. The van der Waals surface area contributed by atoms with E-state index in [1.165, 1.54) is 0 Å². The lowest BCUT2D eigenvalue weighted by atomic mass is 9.79. The van der Waals surface area contributed by atoms with Gasteiger partial charge in [0.15, 0.2) is 5.76 Å². The fourth-order valence-corrected chi connectivity index (χ4v) is 3.87. The Kier molecular flexibility index (Phi) is 4.02. The lowest BCUT2D eigenvalue weighted by Crippen LogP contribution is -2.62. The highest BCUT2D eigenvalue weighted by Gasteiger charge is 2.40. The molecule has 0 radical (unpaired) electrons. The van der Waals surface area contributed by atoms with Gasteiger partial charge in [-0.05, 0) is 57.0 Å². The smallest absolute Gasteiger partial charge is 0.290 e. The molecule has 2 unspecified atom stereocenters. The van der Waals surface area contributed by atoms with Crippen molar-refractivity contribution in [2.75, 3.05) is 13.1 Å². The second-order valence-corrected chi connectivity index (χ2v) is 6.65. The number of nitrogens with one attached hydrogen (secondary N) is 1. The van der Waals surface area contributed by atoms with Crippen molar-refractivity contribution in [1.82, 2.24) is 10.2 Å². The van der Waals surface area contributed by atoms with Crippen molar-refractivity contribution < 1.29 is 13.9 Å². The fraction of sp³-hybridized carbons (Fsp3) is 0.421. The van der Waals surface area contributed by atoms with Crippen molar-refractivity contribution in [3.05, 3.63) is 48.2 Å².